The number of hydrogen-bond acceptors (Lipinski definition) is 4. The summed E-state index contributed by atoms with van der Waals surface area (Å²) >= 11 is 3.01. The quantitative estimate of drug-likeness (QED) is 0.859. The fraction of sp³-hybridized carbons (Fsp3) is 0. The minimum Gasteiger partial charge on any atom is -0.476 e. The molecule has 0 bridgehead atoms. The average Bonchev–Trinajstić information content (AvgIpc) is 2.56. The van der Waals surface area contributed by atoms with E-state index in [1.165, 1.54) is 0 Å². The van der Waals surface area contributed by atoms with E-state index in [9.17, 15) is 14.1 Å². The molecule has 0 atom stereocenters. The number of aromatic nitrogens is 2. The first-order chi connectivity index (χ1) is 7.54. The van der Waals surface area contributed by atoms with E-state index in [2.05, 4.69) is 26.1 Å². The van der Waals surface area contributed by atoms with Crippen molar-refractivity contribution in [1.29, 1.82) is 0 Å². The van der Waals surface area contributed by atoms with Crippen LogP contribution in [-0.4, -0.2) is 20.5 Å². The first kappa shape index (κ1) is 10.7. The number of carboxylic acid groups (broad SMARTS) is 1. The summed E-state index contributed by atoms with van der Waals surface area (Å²) in [5, 5.41) is 11.3. The third kappa shape index (κ3) is 1.47. The molecule has 0 amide bonds. The summed E-state index contributed by atoms with van der Waals surface area (Å²) in [5.74, 6) is -2.48. The van der Waals surface area contributed by atoms with Gasteiger partial charge < -0.3 is 5.11 Å². The lowest BCUT2D eigenvalue weighted by Gasteiger charge is -1.96. The third-order valence-corrected chi connectivity index (χ3v) is 2.49. The number of hydrogen-bond donors (Lipinski definition) is 1. The highest BCUT2D eigenvalue weighted by Gasteiger charge is 2.20. The Morgan fingerprint density at radius 2 is 2.31 bits per heavy atom. The van der Waals surface area contributed by atoms with Crippen LogP contribution in [-0.2, 0) is 0 Å². The maximum Gasteiger partial charge on any atom is 0.358 e. The molecule has 0 saturated carbocycles. The zero-order chi connectivity index (χ0) is 11.9. The Morgan fingerprint density at radius 3 is 2.88 bits per heavy atom. The van der Waals surface area contributed by atoms with Gasteiger partial charge in [0.05, 0.1) is 4.47 Å². The van der Waals surface area contributed by atoms with E-state index in [4.69, 9.17) is 5.11 Å². The van der Waals surface area contributed by atoms with Crippen LogP contribution in [0.3, 0.4) is 0 Å². The molecule has 0 aliphatic rings. The molecule has 8 heteroatoms. The van der Waals surface area contributed by atoms with Gasteiger partial charge in [0.25, 0.3) is 0 Å². The monoisotopic (exact) mass is 287 g/mol. The highest BCUT2D eigenvalue weighted by Crippen LogP contribution is 2.26. The van der Waals surface area contributed by atoms with Gasteiger partial charge in [-0.25, -0.2) is 14.2 Å². The minimum absolute atomic E-state index is 0.119. The predicted octanol–water partition coefficient (Wildman–Crippen LogP) is 2.33. The average molecular weight is 288 g/mol. The normalized spacial score (nSPS) is 10.6. The number of imidazole rings is 1. The molecule has 2 aromatic rings. The standard InChI is InChI=1S/C8H3BrFN3O3/c9-4-1-3(10)2-13-6(4)11-5(8(14)15)7(13)12-16/h1-2H,(H,14,15). The van der Waals surface area contributed by atoms with E-state index >= 15 is 0 Å². The van der Waals surface area contributed by atoms with Crippen LogP contribution in [0.2, 0.25) is 0 Å². The molecule has 0 fully saturated rings. The zero-order valence-corrected chi connectivity index (χ0v) is 9.10. The van der Waals surface area contributed by atoms with E-state index in [1.807, 2.05) is 0 Å². The number of fused-ring (bicyclic) bond motifs is 1. The molecule has 0 aliphatic carbocycles. The summed E-state index contributed by atoms with van der Waals surface area (Å²) in [7, 11) is 0. The molecule has 0 unspecified atom stereocenters. The van der Waals surface area contributed by atoms with Crippen LogP contribution in [0.1, 0.15) is 10.5 Å². The Labute approximate surface area is 95.8 Å². The van der Waals surface area contributed by atoms with Gasteiger partial charge in [-0.1, -0.05) is 0 Å². The topological polar surface area (TPSA) is 84.0 Å². The lowest BCUT2D eigenvalue weighted by atomic mass is 10.4. The van der Waals surface area contributed by atoms with Crippen LogP contribution < -0.4 is 0 Å². The fourth-order valence-corrected chi connectivity index (χ4v) is 1.79. The molecule has 2 rings (SSSR count). The van der Waals surface area contributed by atoms with E-state index in [0.717, 1.165) is 16.7 Å². The van der Waals surface area contributed by atoms with Crippen LogP contribution in [0, 0.1) is 10.7 Å². The number of nitroso groups, excluding NO2 is 1. The molecule has 0 aliphatic heterocycles. The Morgan fingerprint density at radius 1 is 1.62 bits per heavy atom. The van der Waals surface area contributed by atoms with Crippen LogP contribution in [0.4, 0.5) is 10.2 Å². The molecule has 82 valence electrons. The van der Waals surface area contributed by atoms with Crippen molar-refractivity contribution in [2.45, 2.75) is 0 Å². The fourth-order valence-electron chi connectivity index (χ4n) is 1.29. The summed E-state index contributed by atoms with van der Waals surface area (Å²) in [5.41, 5.74) is -0.394. The number of carboxylic acids is 1. The molecule has 0 saturated heterocycles. The summed E-state index contributed by atoms with van der Waals surface area (Å²) in [6.45, 7) is 0. The number of nitrogens with zero attached hydrogens (tertiary/aromatic N) is 3. The largest absolute Gasteiger partial charge is 0.476 e. The van der Waals surface area contributed by atoms with E-state index in [0.29, 0.717) is 0 Å². The summed E-state index contributed by atoms with van der Waals surface area (Å²) in [4.78, 5) is 25.0. The maximum absolute atomic E-state index is 13.1. The Hall–Kier alpha value is -1.83. The zero-order valence-electron chi connectivity index (χ0n) is 7.52. The number of rotatable bonds is 2. The predicted molar refractivity (Wildman–Crippen MR) is 55.3 cm³/mol. The van der Waals surface area contributed by atoms with Crippen LogP contribution >= 0.6 is 15.9 Å². The van der Waals surface area contributed by atoms with Gasteiger partial charge in [0.1, 0.15) is 5.82 Å². The van der Waals surface area contributed by atoms with Crippen molar-refractivity contribution in [1.82, 2.24) is 9.38 Å². The van der Waals surface area contributed by atoms with E-state index in [1.54, 1.807) is 0 Å². The van der Waals surface area contributed by atoms with Gasteiger partial charge in [0.2, 0.25) is 5.82 Å². The second-order valence-electron chi connectivity index (χ2n) is 2.88. The second kappa shape index (κ2) is 3.63. The van der Waals surface area contributed by atoms with Crippen molar-refractivity contribution in [2.75, 3.05) is 0 Å². The van der Waals surface area contributed by atoms with Crippen molar-refractivity contribution >= 4 is 33.4 Å². The smallest absolute Gasteiger partial charge is 0.358 e. The second-order valence-corrected chi connectivity index (χ2v) is 3.73. The molecular formula is C8H3BrFN3O3. The van der Waals surface area contributed by atoms with E-state index < -0.39 is 23.3 Å². The summed E-state index contributed by atoms with van der Waals surface area (Å²) in [6, 6.07) is 1.11. The van der Waals surface area contributed by atoms with Crippen LogP contribution in [0.5, 0.6) is 0 Å². The van der Waals surface area contributed by atoms with Gasteiger partial charge in [-0.15, -0.1) is 4.91 Å². The van der Waals surface area contributed by atoms with Gasteiger partial charge in [-0.2, -0.15) is 0 Å². The molecule has 16 heavy (non-hydrogen) atoms. The number of carbonyl (C=O) groups is 1. The lowest BCUT2D eigenvalue weighted by molar-refractivity contribution is 0.0692. The van der Waals surface area contributed by atoms with Crippen molar-refractivity contribution in [2.24, 2.45) is 5.18 Å². The lowest BCUT2D eigenvalue weighted by Crippen LogP contribution is -1.96. The van der Waals surface area contributed by atoms with Gasteiger partial charge in [0, 0.05) is 6.20 Å². The summed E-state index contributed by atoms with van der Waals surface area (Å²) in [6.07, 6.45) is 0.941. The number of halogens is 2. The van der Waals surface area contributed by atoms with Gasteiger partial charge in [-0.05, 0) is 27.2 Å². The van der Waals surface area contributed by atoms with Gasteiger partial charge >= 0.3 is 5.97 Å². The maximum atomic E-state index is 13.1. The van der Waals surface area contributed by atoms with Gasteiger partial charge in [-0.3, -0.25) is 4.40 Å². The molecule has 0 spiro atoms. The highest BCUT2D eigenvalue weighted by molar-refractivity contribution is 9.10. The Bertz CT molecular complexity index is 610. The van der Waals surface area contributed by atoms with Crippen molar-refractivity contribution in [3.63, 3.8) is 0 Å². The molecule has 0 aromatic carbocycles. The molecule has 2 heterocycles. The molecule has 0 radical (unpaired) electrons. The van der Waals surface area contributed by atoms with Gasteiger partial charge in [0.15, 0.2) is 11.3 Å². The Kier molecular flexibility index (Phi) is 2.43. The van der Waals surface area contributed by atoms with Crippen molar-refractivity contribution < 1.29 is 14.3 Å². The minimum atomic E-state index is -1.40. The van der Waals surface area contributed by atoms with Crippen LogP contribution in [0.25, 0.3) is 5.65 Å². The first-order valence-electron chi connectivity index (χ1n) is 3.98. The Balaban J connectivity index is 2.92. The van der Waals surface area contributed by atoms with E-state index in [-0.39, 0.29) is 10.1 Å². The van der Waals surface area contributed by atoms with Crippen molar-refractivity contribution in [3.8, 4) is 0 Å². The van der Waals surface area contributed by atoms with Crippen LogP contribution in [0.15, 0.2) is 21.9 Å². The molecule has 2 aromatic heterocycles. The third-order valence-electron chi connectivity index (χ3n) is 1.91. The molecular weight excluding hydrogens is 285 g/mol. The van der Waals surface area contributed by atoms with Crippen molar-refractivity contribution in [3.05, 3.63) is 33.2 Å². The number of aromatic carboxylic acids is 1. The SMILES string of the molecule is O=Nc1c(C(=O)O)nc2c(Br)cc(F)cn12. The molecule has 1 N–H and O–H groups in total. The summed E-state index contributed by atoms with van der Waals surface area (Å²) < 4.78 is 14.3. The molecule has 6 nitrogen and oxygen atoms in total. The number of pyridine rings is 1. The first-order valence-corrected chi connectivity index (χ1v) is 4.77. The highest BCUT2D eigenvalue weighted by atomic mass is 79.9.